The van der Waals surface area contributed by atoms with Crippen molar-refractivity contribution < 1.29 is 4.74 Å². The molecule has 0 bridgehead atoms. The van der Waals surface area contributed by atoms with Crippen LogP contribution in [-0.4, -0.2) is 44.7 Å². The Morgan fingerprint density at radius 2 is 2.05 bits per heavy atom. The third-order valence-corrected chi connectivity index (χ3v) is 4.04. The molecule has 0 amide bonds. The summed E-state index contributed by atoms with van der Waals surface area (Å²) in [5.41, 5.74) is 2.63. The number of benzene rings is 1. The zero-order valence-corrected chi connectivity index (χ0v) is 12.9. The third kappa shape index (κ3) is 3.72. The van der Waals surface area contributed by atoms with Gasteiger partial charge in [0, 0.05) is 37.8 Å². The lowest BCUT2D eigenvalue weighted by Gasteiger charge is -2.26. The number of ether oxygens (including phenoxy) is 1. The standard InChI is InChI=1S/C16H27N3O/c1-4-19(5-2)12-14-10-13(6-7-16(14)20-3)15-11-17-8-9-18-15/h6-7,10,15,17-18H,4-5,8-9,11-12H2,1-3H3/t15-/m1/s1. The van der Waals surface area contributed by atoms with Crippen LogP contribution in [0, 0.1) is 0 Å². The highest BCUT2D eigenvalue weighted by molar-refractivity contribution is 5.38. The van der Waals surface area contributed by atoms with Crippen molar-refractivity contribution >= 4 is 0 Å². The molecule has 112 valence electrons. The number of hydrogen-bond acceptors (Lipinski definition) is 4. The summed E-state index contributed by atoms with van der Waals surface area (Å²) in [6, 6.07) is 6.98. The van der Waals surface area contributed by atoms with Crippen molar-refractivity contribution in [3.63, 3.8) is 0 Å². The fourth-order valence-corrected chi connectivity index (χ4v) is 2.72. The molecule has 1 fully saturated rings. The van der Waals surface area contributed by atoms with E-state index in [9.17, 15) is 0 Å². The minimum absolute atomic E-state index is 0.408. The molecule has 1 aromatic carbocycles. The molecule has 1 aromatic rings. The van der Waals surface area contributed by atoms with E-state index in [1.54, 1.807) is 7.11 Å². The minimum atomic E-state index is 0.408. The summed E-state index contributed by atoms with van der Waals surface area (Å²) in [6.07, 6.45) is 0. The first kappa shape index (κ1) is 15.3. The van der Waals surface area contributed by atoms with Crippen LogP contribution in [0.15, 0.2) is 18.2 Å². The Bertz CT molecular complexity index is 412. The molecular weight excluding hydrogens is 250 g/mol. The van der Waals surface area contributed by atoms with Gasteiger partial charge in [-0.1, -0.05) is 19.9 Å². The number of methoxy groups -OCH3 is 1. The summed E-state index contributed by atoms with van der Waals surface area (Å²) >= 11 is 0. The smallest absolute Gasteiger partial charge is 0.123 e. The van der Waals surface area contributed by atoms with E-state index in [0.717, 1.165) is 45.0 Å². The lowest BCUT2D eigenvalue weighted by molar-refractivity contribution is 0.289. The number of hydrogen-bond donors (Lipinski definition) is 2. The molecule has 4 heteroatoms. The van der Waals surface area contributed by atoms with Gasteiger partial charge in [0.15, 0.2) is 0 Å². The maximum Gasteiger partial charge on any atom is 0.123 e. The van der Waals surface area contributed by atoms with E-state index >= 15 is 0 Å². The van der Waals surface area contributed by atoms with E-state index in [0.29, 0.717) is 6.04 Å². The van der Waals surface area contributed by atoms with Crippen LogP contribution in [0.5, 0.6) is 5.75 Å². The van der Waals surface area contributed by atoms with Crippen LogP contribution in [0.2, 0.25) is 0 Å². The van der Waals surface area contributed by atoms with Gasteiger partial charge in [-0.25, -0.2) is 0 Å². The van der Waals surface area contributed by atoms with Crippen LogP contribution < -0.4 is 15.4 Å². The molecule has 20 heavy (non-hydrogen) atoms. The summed E-state index contributed by atoms with van der Waals surface area (Å²) in [5, 5.41) is 7.00. The van der Waals surface area contributed by atoms with Crippen molar-refractivity contribution in [3.8, 4) is 5.75 Å². The van der Waals surface area contributed by atoms with Gasteiger partial charge in [-0.05, 0) is 30.8 Å². The minimum Gasteiger partial charge on any atom is -0.496 e. The molecule has 0 aliphatic carbocycles. The quantitative estimate of drug-likeness (QED) is 0.831. The summed E-state index contributed by atoms with van der Waals surface area (Å²) in [6.45, 7) is 10.6. The zero-order chi connectivity index (χ0) is 14.4. The van der Waals surface area contributed by atoms with Crippen molar-refractivity contribution in [2.45, 2.75) is 26.4 Å². The van der Waals surface area contributed by atoms with E-state index in [1.165, 1.54) is 11.1 Å². The van der Waals surface area contributed by atoms with E-state index in [2.05, 4.69) is 47.6 Å². The van der Waals surface area contributed by atoms with E-state index in [4.69, 9.17) is 4.74 Å². The first-order valence-electron chi connectivity index (χ1n) is 7.61. The predicted molar refractivity (Wildman–Crippen MR) is 83.2 cm³/mol. The van der Waals surface area contributed by atoms with Crippen molar-refractivity contribution in [2.75, 3.05) is 39.8 Å². The average Bonchev–Trinajstić information content (AvgIpc) is 2.53. The van der Waals surface area contributed by atoms with Gasteiger partial charge in [-0.15, -0.1) is 0 Å². The van der Waals surface area contributed by atoms with Gasteiger partial charge in [0.1, 0.15) is 5.75 Å². The van der Waals surface area contributed by atoms with Crippen molar-refractivity contribution in [1.29, 1.82) is 0 Å². The van der Waals surface area contributed by atoms with Crippen LogP contribution in [0.3, 0.4) is 0 Å². The molecule has 0 unspecified atom stereocenters. The number of nitrogens with one attached hydrogen (secondary N) is 2. The number of nitrogens with zero attached hydrogens (tertiary/aromatic N) is 1. The van der Waals surface area contributed by atoms with Gasteiger partial charge in [0.2, 0.25) is 0 Å². The molecule has 2 N–H and O–H groups in total. The van der Waals surface area contributed by atoms with E-state index in [1.807, 2.05) is 0 Å². The van der Waals surface area contributed by atoms with Gasteiger partial charge in [0.25, 0.3) is 0 Å². The lowest BCUT2D eigenvalue weighted by atomic mass is 10.0. The Labute approximate surface area is 122 Å². The van der Waals surface area contributed by atoms with Crippen molar-refractivity contribution in [3.05, 3.63) is 29.3 Å². The van der Waals surface area contributed by atoms with Crippen LogP contribution in [0.1, 0.15) is 31.0 Å². The fraction of sp³-hybridized carbons (Fsp3) is 0.625. The van der Waals surface area contributed by atoms with Crippen LogP contribution in [0.25, 0.3) is 0 Å². The molecule has 0 saturated carbocycles. The van der Waals surface area contributed by atoms with Gasteiger partial charge in [0.05, 0.1) is 7.11 Å². The first-order valence-corrected chi connectivity index (χ1v) is 7.61. The predicted octanol–water partition coefficient (Wildman–Crippen LogP) is 1.77. The summed E-state index contributed by atoms with van der Waals surface area (Å²) < 4.78 is 5.51. The Balaban J connectivity index is 2.18. The van der Waals surface area contributed by atoms with Gasteiger partial charge in [-0.2, -0.15) is 0 Å². The number of piperazine rings is 1. The Morgan fingerprint density at radius 3 is 2.65 bits per heavy atom. The highest BCUT2D eigenvalue weighted by atomic mass is 16.5. The Hall–Kier alpha value is -1.10. The molecule has 1 aliphatic heterocycles. The monoisotopic (exact) mass is 277 g/mol. The number of rotatable bonds is 6. The molecule has 1 saturated heterocycles. The Morgan fingerprint density at radius 1 is 1.25 bits per heavy atom. The second-order valence-corrected chi connectivity index (χ2v) is 5.24. The molecule has 1 heterocycles. The topological polar surface area (TPSA) is 36.5 Å². The normalized spacial score (nSPS) is 19.3. The SMILES string of the molecule is CCN(CC)Cc1cc([C@H]2CNCCN2)ccc1OC. The molecule has 0 spiro atoms. The first-order chi connectivity index (χ1) is 9.78. The third-order valence-electron chi connectivity index (χ3n) is 4.04. The maximum atomic E-state index is 5.51. The molecule has 1 aliphatic rings. The summed E-state index contributed by atoms with van der Waals surface area (Å²) in [7, 11) is 1.75. The molecule has 0 aromatic heterocycles. The molecule has 2 rings (SSSR count). The van der Waals surface area contributed by atoms with Gasteiger partial charge < -0.3 is 15.4 Å². The van der Waals surface area contributed by atoms with Gasteiger partial charge >= 0.3 is 0 Å². The van der Waals surface area contributed by atoms with Crippen LogP contribution in [-0.2, 0) is 6.54 Å². The molecular formula is C16H27N3O. The summed E-state index contributed by atoms with van der Waals surface area (Å²) in [5.74, 6) is 0.990. The Kier molecular flexibility index (Phi) is 5.83. The van der Waals surface area contributed by atoms with E-state index < -0.39 is 0 Å². The largest absolute Gasteiger partial charge is 0.496 e. The second-order valence-electron chi connectivity index (χ2n) is 5.24. The van der Waals surface area contributed by atoms with Crippen molar-refractivity contribution in [1.82, 2.24) is 15.5 Å². The highest BCUT2D eigenvalue weighted by Gasteiger charge is 2.16. The van der Waals surface area contributed by atoms with E-state index in [-0.39, 0.29) is 0 Å². The zero-order valence-electron chi connectivity index (χ0n) is 12.9. The maximum absolute atomic E-state index is 5.51. The fourth-order valence-electron chi connectivity index (χ4n) is 2.72. The van der Waals surface area contributed by atoms with Crippen molar-refractivity contribution in [2.24, 2.45) is 0 Å². The molecule has 4 nitrogen and oxygen atoms in total. The highest BCUT2D eigenvalue weighted by Crippen LogP contribution is 2.25. The van der Waals surface area contributed by atoms with Gasteiger partial charge in [-0.3, -0.25) is 4.90 Å². The van der Waals surface area contributed by atoms with Crippen LogP contribution >= 0.6 is 0 Å². The second kappa shape index (κ2) is 7.62. The molecule has 0 radical (unpaired) electrons. The molecule has 1 atom stereocenters. The lowest BCUT2D eigenvalue weighted by Crippen LogP contribution is -2.42. The average molecular weight is 277 g/mol. The summed E-state index contributed by atoms with van der Waals surface area (Å²) in [4.78, 5) is 2.41. The van der Waals surface area contributed by atoms with Crippen LogP contribution in [0.4, 0.5) is 0 Å².